The molecule has 2 aromatic rings. The smallest absolute Gasteiger partial charge is 0.348 e. The van der Waals surface area contributed by atoms with Gasteiger partial charge in [-0.05, 0) is 47.9 Å². The Kier molecular flexibility index (Phi) is 16.6. The molecule has 21 nitrogen and oxygen atoms in total. The maximum Gasteiger partial charge on any atom is 0.353 e. The fraction of sp³-hybridized carbons (Fsp3) is 0.656. The highest BCUT2D eigenvalue weighted by Crippen LogP contribution is 2.56. The van der Waals surface area contributed by atoms with E-state index in [1.807, 2.05) is 38.4 Å². The largest absolute Gasteiger partial charge is 0.353 e. The zero-order chi connectivity index (χ0) is 42.2. The lowest BCUT2D eigenvalue weighted by Crippen LogP contribution is -2.48. The third-order valence-corrected chi connectivity index (χ3v) is 15.0. The maximum atomic E-state index is 16.7. The molecule has 25 heteroatoms. The summed E-state index contributed by atoms with van der Waals surface area (Å²) < 4.78 is 91.9. The molecule has 0 aliphatic carbocycles. The fourth-order valence-electron chi connectivity index (χ4n) is 6.09. The van der Waals surface area contributed by atoms with Crippen molar-refractivity contribution in [3.05, 3.63) is 78.1 Å². The van der Waals surface area contributed by atoms with Crippen molar-refractivity contribution in [2.45, 2.75) is 83.1 Å². The second-order valence-electron chi connectivity index (χ2n) is 13.5. The van der Waals surface area contributed by atoms with Gasteiger partial charge >= 0.3 is 26.6 Å². The highest BCUT2D eigenvalue weighted by molar-refractivity contribution is 7.57. The van der Waals surface area contributed by atoms with Gasteiger partial charge in [-0.25, -0.2) is 28.0 Å². The highest BCUT2D eigenvalue weighted by Gasteiger charge is 2.51. The SMILES string of the molecule is COP(=O)(/C=C/[C@@H]1CN(P(=O)(OC[C@H]2O[C@@H](n3ccc(=O)[nH]c3=O)[C@H](F)[C@@H]2OP(OCCC#N)N(C(C)C)C(C)C)N(C)C)C[C@H](n2ccc(=O)[nH]c2=O)O1)OC. The van der Waals surface area contributed by atoms with Crippen molar-refractivity contribution in [3.63, 3.8) is 0 Å². The van der Waals surface area contributed by atoms with Crippen LogP contribution >= 0.6 is 23.8 Å². The van der Waals surface area contributed by atoms with Crippen molar-refractivity contribution in [2.75, 3.05) is 54.6 Å². The zero-order valence-electron chi connectivity index (χ0n) is 32.8. The number of alkyl halides is 1. The van der Waals surface area contributed by atoms with Gasteiger partial charge < -0.3 is 32.1 Å². The number of nitriles is 1. The number of ether oxygens (including phenoxy) is 2. The number of aromatic nitrogens is 4. The average Bonchev–Trinajstić information content (AvgIpc) is 3.45. The van der Waals surface area contributed by atoms with Crippen LogP contribution in [0.4, 0.5) is 4.39 Å². The Morgan fingerprint density at radius 2 is 1.60 bits per heavy atom. The molecule has 2 fully saturated rings. The first-order chi connectivity index (χ1) is 26.9. The summed E-state index contributed by atoms with van der Waals surface area (Å²) in [4.78, 5) is 53.6. The Hall–Kier alpha value is -2.99. The van der Waals surface area contributed by atoms with Crippen LogP contribution in [0, 0.1) is 11.3 Å². The monoisotopic (exact) mass is 866 g/mol. The molecule has 0 amide bonds. The number of morpholine rings is 1. The first-order valence-electron chi connectivity index (χ1n) is 17.8. The number of nitrogens with one attached hydrogen (secondary N) is 2. The van der Waals surface area contributed by atoms with Crippen LogP contribution in [-0.2, 0) is 41.2 Å². The summed E-state index contributed by atoms with van der Waals surface area (Å²) in [6.07, 6.45) is -5.03. The molecule has 0 bridgehead atoms. The predicted molar refractivity (Wildman–Crippen MR) is 205 cm³/mol. The fourth-order valence-corrected chi connectivity index (χ4v) is 10.6. The molecule has 4 heterocycles. The number of hydrogen-bond donors (Lipinski definition) is 2. The molecule has 0 spiro atoms. The molecule has 2 aromatic heterocycles. The quantitative estimate of drug-likeness (QED) is 0.152. The van der Waals surface area contributed by atoms with Crippen LogP contribution in [-0.4, -0.2) is 124 Å². The average molecular weight is 867 g/mol. The van der Waals surface area contributed by atoms with Crippen molar-refractivity contribution in [1.82, 2.24) is 33.1 Å². The number of hydrogen-bond acceptors (Lipinski definition) is 15. The Bertz CT molecular complexity index is 2050. The Labute approximate surface area is 329 Å². The van der Waals surface area contributed by atoms with E-state index in [0.717, 1.165) is 33.3 Å². The summed E-state index contributed by atoms with van der Waals surface area (Å²) in [5, 5.41) is 9.19. The van der Waals surface area contributed by atoms with Crippen molar-refractivity contribution in [2.24, 2.45) is 0 Å². The van der Waals surface area contributed by atoms with Crippen LogP contribution in [0.2, 0.25) is 0 Å². The normalized spacial score (nSPS) is 25.1. The topological polar surface area (TPSA) is 242 Å². The van der Waals surface area contributed by atoms with E-state index in [2.05, 4.69) is 9.97 Å². The van der Waals surface area contributed by atoms with Gasteiger partial charge in [0.15, 0.2) is 18.6 Å². The van der Waals surface area contributed by atoms with Gasteiger partial charge in [-0.15, -0.1) is 0 Å². The van der Waals surface area contributed by atoms with Gasteiger partial charge in [0.05, 0.1) is 38.4 Å². The number of rotatable bonds is 19. The Morgan fingerprint density at radius 3 is 2.12 bits per heavy atom. The first-order valence-corrected chi connectivity index (χ1v) is 22.1. The lowest BCUT2D eigenvalue weighted by molar-refractivity contribution is -0.0895. The van der Waals surface area contributed by atoms with Crippen LogP contribution in [0.3, 0.4) is 0 Å². The molecular weight excluding hydrogens is 816 g/mol. The van der Waals surface area contributed by atoms with Crippen LogP contribution in [0.5, 0.6) is 0 Å². The molecule has 0 radical (unpaired) electrons. The van der Waals surface area contributed by atoms with Gasteiger partial charge in [-0.1, -0.05) is 0 Å². The first kappa shape index (κ1) is 46.7. The minimum Gasteiger partial charge on any atom is -0.348 e. The predicted octanol–water partition coefficient (Wildman–Crippen LogP) is 2.87. The summed E-state index contributed by atoms with van der Waals surface area (Å²) in [7, 11) is -4.62. The summed E-state index contributed by atoms with van der Waals surface area (Å²) in [5.41, 5.74) is -3.14. The zero-order valence-corrected chi connectivity index (χ0v) is 35.5. The molecule has 8 atom stereocenters. The van der Waals surface area contributed by atoms with E-state index >= 15 is 8.96 Å². The number of H-pyrrole nitrogens is 2. The van der Waals surface area contributed by atoms with E-state index in [9.17, 15) is 29.0 Å². The molecule has 57 heavy (non-hydrogen) atoms. The van der Waals surface area contributed by atoms with Crippen molar-refractivity contribution < 1.29 is 45.6 Å². The Balaban J connectivity index is 1.73. The lowest BCUT2D eigenvalue weighted by Gasteiger charge is -2.42. The van der Waals surface area contributed by atoms with Crippen molar-refractivity contribution in [1.29, 1.82) is 5.26 Å². The highest BCUT2D eigenvalue weighted by atomic mass is 31.2. The third-order valence-electron chi connectivity index (χ3n) is 8.78. The van der Waals surface area contributed by atoms with E-state index in [1.54, 1.807) is 0 Å². The Morgan fingerprint density at radius 1 is 1.00 bits per heavy atom. The molecule has 2 unspecified atom stereocenters. The van der Waals surface area contributed by atoms with E-state index in [1.165, 1.54) is 49.9 Å². The van der Waals surface area contributed by atoms with Crippen LogP contribution in [0.15, 0.2) is 55.6 Å². The van der Waals surface area contributed by atoms with Gasteiger partial charge in [0.25, 0.3) is 19.6 Å². The third kappa shape index (κ3) is 11.4. The van der Waals surface area contributed by atoms with Gasteiger partial charge in [-0.3, -0.25) is 37.8 Å². The van der Waals surface area contributed by atoms with E-state index in [0.29, 0.717) is 0 Å². The number of halogens is 1. The lowest BCUT2D eigenvalue weighted by atomic mass is 10.1. The standard InChI is InChI=1S/C32H50FN8O13P3/c1-21(2)41(22(3)4)55(50-16-9-13-34)54-29-24(53-30(28(29)33)40-15-11-26(43)36-32(40)45)20-51-57(47,37(5)6)38-18-23(12-17-56(46,48-7)49-8)52-27(19-38)39-14-10-25(42)35-31(39)44/h10-12,14-15,17,21-24,27-30H,9,16,18-20H2,1-8H3,(H,35,42,44)(H,36,43,45)/b17-12+/t23-,24-,27-,28-,29-,30-,55?,57?/m1/s1. The molecule has 2 saturated heterocycles. The van der Waals surface area contributed by atoms with Gasteiger partial charge in [-0.2, -0.15) is 5.26 Å². The van der Waals surface area contributed by atoms with E-state index < -0.39 is 89.8 Å². The van der Waals surface area contributed by atoms with Gasteiger partial charge in [0, 0.05) is 63.2 Å². The molecule has 0 aromatic carbocycles. The molecule has 2 aliphatic rings. The molecular formula is C32H50FN8O13P3. The summed E-state index contributed by atoms with van der Waals surface area (Å²) >= 11 is 0. The minimum atomic E-state index is -4.19. The molecule has 2 N–H and O–H groups in total. The summed E-state index contributed by atoms with van der Waals surface area (Å²) in [6, 6.07) is 3.82. The van der Waals surface area contributed by atoms with E-state index in [4.69, 9.17) is 32.1 Å². The molecule has 318 valence electrons. The van der Waals surface area contributed by atoms with E-state index in [-0.39, 0.29) is 38.2 Å². The second kappa shape index (κ2) is 20.3. The van der Waals surface area contributed by atoms with Crippen molar-refractivity contribution in [3.8, 4) is 6.07 Å². The summed E-state index contributed by atoms with van der Waals surface area (Å²) in [5.74, 6) is 1.15. The van der Waals surface area contributed by atoms with Crippen molar-refractivity contribution >= 4 is 23.8 Å². The molecule has 0 saturated carbocycles. The van der Waals surface area contributed by atoms with Gasteiger partial charge in [0.2, 0.25) is 0 Å². The van der Waals surface area contributed by atoms with Crippen LogP contribution in [0.1, 0.15) is 46.6 Å². The molecule has 4 rings (SSSR count). The number of nitrogens with zero attached hydrogens (tertiary/aromatic N) is 6. The maximum absolute atomic E-state index is 16.7. The van der Waals surface area contributed by atoms with Crippen LogP contribution in [0.25, 0.3) is 0 Å². The minimum absolute atomic E-state index is 0.0246. The second-order valence-corrected chi connectivity index (χ2v) is 19.7. The number of aromatic amines is 2. The summed E-state index contributed by atoms with van der Waals surface area (Å²) in [6.45, 7) is 6.57. The van der Waals surface area contributed by atoms with Gasteiger partial charge in [0.1, 0.15) is 12.2 Å². The molecule has 2 aliphatic heterocycles. The van der Waals surface area contributed by atoms with Crippen LogP contribution < -0.4 is 22.5 Å².